The molecule has 6 nitrogen and oxygen atoms in total. The topological polar surface area (TPSA) is 82.0 Å². The second-order valence-electron chi connectivity index (χ2n) is 5.21. The lowest BCUT2D eigenvalue weighted by atomic mass is 9.93. The van der Waals surface area contributed by atoms with Crippen LogP contribution >= 0.6 is 0 Å². The highest BCUT2D eigenvalue weighted by atomic mass is 16.4. The van der Waals surface area contributed by atoms with Crippen molar-refractivity contribution in [1.82, 2.24) is 10.2 Å². The SMILES string of the molecule is O=C(O)C(=O)c1ccccc1C1CCN=C2NCCCN21. The van der Waals surface area contributed by atoms with E-state index in [0.29, 0.717) is 6.54 Å². The fraction of sp³-hybridized carbons (Fsp3) is 0.400. The number of hydrogen-bond donors (Lipinski definition) is 2. The van der Waals surface area contributed by atoms with Crippen LogP contribution in [0.4, 0.5) is 0 Å². The number of aliphatic carboxylic acids is 1. The first-order chi connectivity index (χ1) is 10.2. The summed E-state index contributed by atoms with van der Waals surface area (Å²) >= 11 is 0. The maximum Gasteiger partial charge on any atom is 0.377 e. The van der Waals surface area contributed by atoms with Crippen molar-refractivity contribution in [3.63, 3.8) is 0 Å². The van der Waals surface area contributed by atoms with Crippen molar-refractivity contribution in [2.75, 3.05) is 19.6 Å². The number of carbonyl (C=O) groups is 2. The summed E-state index contributed by atoms with van der Waals surface area (Å²) in [4.78, 5) is 29.5. The Bertz CT molecular complexity index is 612. The molecule has 1 aromatic rings. The number of carboxylic acids is 1. The van der Waals surface area contributed by atoms with Crippen molar-refractivity contribution >= 4 is 17.7 Å². The minimum absolute atomic E-state index is 0.00444. The molecule has 0 bridgehead atoms. The van der Waals surface area contributed by atoms with Crippen LogP contribution in [0.3, 0.4) is 0 Å². The predicted molar refractivity (Wildman–Crippen MR) is 77.4 cm³/mol. The van der Waals surface area contributed by atoms with Gasteiger partial charge in [0.2, 0.25) is 0 Å². The maximum absolute atomic E-state index is 11.9. The van der Waals surface area contributed by atoms with E-state index in [4.69, 9.17) is 5.11 Å². The van der Waals surface area contributed by atoms with Gasteiger partial charge in [0.15, 0.2) is 5.96 Å². The van der Waals surface area contributed by atoms with Gasteiger partial charge in [-0.05, 0) is 18.4 Å². The molecule has 0 aliphatic carbocycles. The normalized spacial score (nSPS) is 21.0. The summed E-state index contributed by atoms with van der Waals surface area (Å²) in [5.41, 5.74) is 1.06. The lowest BCUT2D eigenvalue weighted by Gasteiger charge is -2.41. The molecule has 3 rings (SSSR count). The zero-order chi connectivity index (χ0) is 14.8. The van der Waals surface area contributed by atoms with Crippen LogP contribution in [0, 0.1) is 0 Å². The van der Waals surface area contributed by atoms with Gasteiger partial charge in [0.05, 0.1) is 6.04 Å². The molecule has 0 amide bonds. The summed E-state index contributed by atoms with van der Waals surface area (Å²) in [6, 6.07) is 6.99. The monoisotopic (exact) mass is 287 g/mol. The van der Waals surface area contributed by atoms with Crippen LogP contribution in [0.2, 0.25) is 0 Å². The maximum atomic E-state index is 11.9. The van der Waals surface area contributed by atoms with Gasteiger partial charge in [-0.1, -0.05) is 24.3 Å². The van der Waals surface area contributed by atoms with Gasteiger partial charge >= 0.3 is 5.97 Å². The van der Waals surface area contributed by atoms with E-state index in [1.165, 1.54) is 0 Å². The van der Waals surface area contributed by atoms with E-state index in [9.17, 15) is 9.59 Å². The van der Waals surface area contributed by atoms with Crippen LogP contribution in [-0.4, -0.2) is 47.4 Å². The van der Waals surface area contributed by atoms with E-state index in [1.54, 1.807) is 12.1 Å². The minimum Gasteiger partial charge on any atom is -0.475 e. The Kier molecular flexibility index (Phi) is 3.60. The van der Waals surface area contributed by atoms with E-state index < -0.39 is 11.8 Å². The van der Waals surface area contributed by atoms with Gasteiger partial charge < -0.3 is 15.3 Å². The van der Waals surface area contributed by atoms with Crippen molar-refractivity contribution in [3.05, 3.63) is 35.4 Å². The Morgan fingerprint density at radius 1 is 1.33 bits per heavy atom. The van der Waals surface area contributed by atoms with Gasteiger partial charge in [-0.2, -0.15) is 0 Å². The molecular formula is C15H17N3O3. The van der Waals surface area contributed by atoms with Crippen molar-refractivity contribution in [2.24, 2.45) is 4.99 Å². The molecule has 1 fully saturated rings. The van der Waals surface area contributed by atoms with Crippen molar-refractivity contribution in [2.45, 2.75) is 18.9 Å². The number of rotatable bonds is 3. The van der Waals surface area contributed by atoms with Crippen molar-refractivity contribution < 1.29 is 14.7 Å². The van der Waals surface area contributed by atoms with Gasteiger partial charge in [-0.3, -0.25) is 9.79 Å². The first-order valence-corrected chi connectivity index (χ1v) is 7.10. The number of ketones is 1. The van der Waals surface area contributed by atoms with Gasteiger partial charge in [0, 0.05) is 25.2 Å². The van der Waals surface area contributed by atoms with Gasteiger partial charge in [-0.15, -0.1) is 0 Å². The standard InChI is InChI=1S/C15H17N3O3/c19-13(14(20)21)11-5-2-1-4-10(11)12-6-8-17-15-16-7-3-9-18(12)15/h1-2,4-5,12H,3,6-9H2,(H,16,17)(H,20,21). The summed E-state index contributed by atoms with van der Waals surface area (Å²) in [6.07, 6.45) is 1.79. The highest BCUT2D eigenvalue weighted by Gasteiger charge is 2.32. The number of benzene rings is 1. The smallest absolute Gasteiger partial charge is 0.377 e. The van der Waals surface area contributed by atoms with E-state index in [2.05, 4.69) is 15.2 Å². The number of guanidine groups is 1. The van der Waals surface area contributed by atoms with E-state index in [-0.39, 0.29) is 11.6 Å². The second-order valence-corrected chi connectivity index (χ2v) is 5.21. The third kappa shape index (κ3) is 2.49. The second kappa shape index (κ2) is 5.55. The summed E-state index contributed by atoms with van der Waals surface area (Å²) < 4.78 is 0. The summed E-state index contributed by atoms with van der Waals surface area (Å²) in [5, 5.41) is 12.3. The molecular weight excluding hydrogens is 270 g/mol. The fourth-order valence-electron chi connectivity index (χ4n) is 2.99. The molecule has 1 unspecified atom stereocenters. The van der Waals surface area contributed by atoms with Crippen LogP contribution in [0.25, 0.3) is 0 Å². The van der Waals surface area contributed by atoms with Gasteiger partial charge in [-0.25, -0.2) is 4.79 Å². The molecule has 0 radical (unpaired) electrons. The van der Waals surface area contributed by atoms with E-state index in [0.717, 1.165) is 37.5 Å². The largest absolute Gasteiger partial charge is 0.475 e. The molecule has 0 spiro atoms. The molecule has 2 aliphatic rings. The Balaban J connectivity index is 1.98. The quantitative estimate of drug-likeness (QED) is 0.641. The van der Waals surface area contributed by atoms with Crippen LogP contribution in [0.5, 0.6) is 0 Å². The Hall–Kier alpha value is -2.37. The third-order valence-corrected chi connectivity index (χ3v) is 3.93. The number of carboxylic acid groups (broad SMARTS) is 1. The van der Waals surface area contributed by atoms with Crippen LogP contribution in [0.1, 0.15) is 34.8 Å². The first kappa shape index (κ1) is 13.6. The van der Waals surface area contributed by atoms with Gasteiger partial charge in [0.25, 0.3) is 5.78 Å². The zero-order valence-electron chi connectivity index (χ0n) is 11.6. The molecule has 1 atom stereocenters. The number of fused-ring (bicyclic) bond motifs is 1. The third-order valence-electron chi connectivity index (χ3n) is 3.93. The van der Waals surface area contributed by atoms with E-state index >= 15 is 0 Å². The molecule has 2 aliphatic heterocycles. The Morgan fingerprint density at radius 2 is 2.14 bits per heavy atom. The molecule has 21 heavy (non-hydrogen) atoms. The number of hydrogen-bond acceptors (Lipinski definition) is 5. The summed E-state index contributed by atoms with van der Waals surface area (Å²) in [5.74, 6) is -1.40. The number of nitrogens with one attached hydrogen (secondary N) is 1. The molecule has 1 saturated heterocycles. The first-order valence-electron chi connectivity index (χ1n) is 7.10. The number of aliphatic imine (C=N–C) groups is 1. The number of carbonyl (C=O) groups excluding carboxylic acids is 1. The van der Waals surface area contributed by atoms with Crippen molar-refractivity contribution in [3.8, 4) is 0 Å². The fourth-order valence-corrected chi connectivity index (χ4v) is 2.99. The lowest BCUT2D eigenvalue weighted by Crippen LogP contribution is -2.51. The molecule has 6 heteroatoms. The van der Waals surface area contributed by atoms with Gasteiger partial charge in [0.1, 0.15) is 0 Å². The van der Waals surface area contributed by atoms with E-state index in [1.807, 2.05) is 12.1 Å². The highest BCUT2D eigenvalue weighted by molar-refractivity contribution is 6.40. The highest BCUT2D eigenvalue weighted by Crippen LogP contribution is 2.31. The number of nitrogens with zero attached hydrogens (tertiary/aromatic N) is 2. The van der Waals surface area contributed by atoms with Crippen LogP contribution in [-0.2, 0) is 4.79 Å². The Morgan fingerprint density at radius 3 is 2.95 bits per heavy atom. The lowest BCUT2D eigenvalue weighted by molar-refractivity contribution is -0.131. The predicted octanol–water partition coefficient (Wildman–Crippen LogP) is 1.05. The van der Waals surface area contributed by atoms with Crippen LogP contribution < -0.4 is 5.32 Å². The molecule has 0 aromatic heterocycles. The molecule has 2 N–H and O–H groups in total. The summed E-state index contributed by atoms with van der Waals surface area (Å²) in [7, 11) is 0. The molecule has 1 aromatic carbocycles. The zero-order valence-corrected chi connectivity index (χ0v) is 11.6. The average molecular weight is 287 g/mol. The minimum atomic E-state index is -1.41. The molecule has 0 saturated carbocycles. The van der Waals surface area contributed by atoms with Crippen LogP contribution in [0.15, 0.2) is 29.3 Å². The Labute approximate surface area is 122 Å². The molecule has 110 valence electrons. The number of Topliss-reactive ketones (excluding diaryl/α,β-unsaturated/α-hetero) is 1. The van der Waals surface area contributed by atoms with Crippen molar-refractivity contribution in [1.29, 1.82) is 0 Å². The summed E-state index contributed by atoms with van der Waals surface area (Å²) in [6.45, 7) is 2.45. The molecule has 2 heterocycles. The average Bonchev–Trinajstić information content (AvgIpc) is 2.53.